The number of fused-ring (bicyclic) bond motifs is 1. The zero-order valence-corrected chi connectivity index (χ0v) is 27.1. The fourth-order valence-corrected chi connectivity index (χ4v) is 5.11. The maximum absolute atomic E-state index is 13.5. The van der Waals surface area contributed by atoms with Crippen molar-refractivity contribution in [2.24, 2.45) is 0 Å². The van der Waals surface area contributed by atoms with Gasteiger partial charge in [-0.15, -0.1) is 0 Å². The van der Waals surface area contributed by atoms with Crippen molar-refractivity contribution in [2.75, 3.05) is 76.5 Å². The third-order valence-electron chi connectivity index (χ3n) is 7.38. The summed E-state index contributed by atoms with van der Waals surface area (Å²) in [6.07, 6.45) is 1.30. The van der Waals surface area contributed by atoms with Crippen molar-refractivity contribution in [1.82, 2.24) is 20.9 Å². The van der Waals surface area contributed by atoms with Gasteiger partial charge >= 0.3 is 6.03 Å². The first-order chi connectivity index (χ1) is 23.4. The molecule has 1 fully saturated rings. The summed E-state index contributed by atoms with van der Waals surface area (Å²) < 4.78 is 22.1. The molecule has 260 valence electrons. The van der Waals surface area contributed by atoms with Gasteiger partial charge in [0, 0.05) is 56.6 Å². The topological polar surface area (TPSA) is 186 Å². The van der Waals surface area contributed by atoms with Crippen molar-refractivity contribution in [3.8, 4) is 5.75 Å². The summed E-state index contributed by atoms with van der Waals surface area (Å²) in [6, 6.07) is 11.3. The maximum atomic E-state index is 13.5. The van der Waals surface area contributed by atoms with Crippen LogP contribution in [-0.2, 0) is 35.1 Å². The summed E-state index contributed by atoms with van der Waals surface area (Å²) in [5.74, 6) is -1.55. The van der Waals surface area contributed by atoms with Gasteiger partial charge in [0.15, 0.2) is 6.61 Å². The quantitative estimate of drug-likeness (QED) is 0.103. The van der Waals surface area contributed by atoms with Crippen LogP contribution in [0.3, 0.4) is 0 Å². The van der Waals surface area contributed by atoms with Gasteiger partial charge in [0.1, 0.15) is 11.8 Å². The van der Waals surface area contributed by atoms with Gasteiger partial charge in [0.05, 0.1) is 38.6 Å². The summed E-state index contributed by atoms with van der Waals surface area (Å²) in [6.45, 7) is 5.54. The highest BCUT2D eigenvalue weighted by atomic mass is 16.5. The summed E-state index contributed by atoms with van der Waals surface area (Å²) in [5.41, 5.74) is 2.12. The van der Waals surface area contributed by atoms with Crippen LogP contribution >= 0.6 is 0 Å². The number of amides is 6. The Morgan fingerprint density at radius 2 is 1.60 bits per heavy atom. The molecule has 2 aliphatic heterocycles. The number of benzene rings is 2. The first kappa shape index (κ1) is 36.1. The molecule has 2 heterocycles. The molecule has 6 amide bonds. The Labute approximate surface area is 279 Å². The average Bonchev–Trinajstić information content (AvgIpc) is 3.40. The van der Waals surface area contributed by atoms with Crippen LogP contribution in [0.2, 0.25) is 0 Å². The third-order valence-corrected chi connectivity index (χ3v) is 7.38. The lowest BCUT2D eigenvalue weighted by Gasteiger charge is -2.29. The number of imide groups is 1. The van der Waals surface area contributed by atoms with Crippen molar-refractivity contribution in [3.05, 3.63) is 53.6 Å². The summed E-state index contributed by atoms with van der Waals surface area (Å²) in [7, 11) is 0. The van der Waals surface area contributed by atoms with Crippen molar-refractivity contribution < 1.29 is 42.9 Å². The number of para-hydroxylation sites is 1. The fourth-order valence-electron chi connectivity index (χ4n) is 5.11. The monoisotopic (exact) mass is 668 g/mol. The Morgan fingerprint density at radius 1 is 0.875 bits per heavy atom. The maximum Gasteiger partial charge on any atom is 0.319 e. The normalized spacial score (nSPS) is 15.5. The molecule has 0 aliphatic carbocycles. The molecular formula is C33H44N6O9. The Hall–Kier alpha value is -4.73. The van der Waals surface area contributed by atoms with E-state index < -0.39 is 23.8 Å². The van der Waals surface area contributed by atoms with E-state index in [1.807, 2.05) is 25.1 Å². The van der Waals surface area contributed by atoms with E-state index in [-0.39, 0.29) is 68.9 Å². The van der Waals surface area contributed by atoms with Gasteiger partial charge in [-0.2, -0.15) is 0 Å². The van der Waals surface area contributed by atoms with Crippen molar-refractivity contribution in [3.63, 3.8) is 0 Å². The third kappa shape index (κ3) is 11.2. The lowest BCUT2D eigenvalue weighted by molar-refractivity contribution is -0.137. The van der Waals surface area contributed by atoms with E-state index in [1.54, 1.807) is 24.3 Å². The van der Waals surface area contributed by atoms with Gasteiger partial charge in [-0.1, -0.05) is 25.1 Å². The molecule has 15 nitrogen and oxygen atoms in total. The summed E-state index contributed by atoms with van der Waals surface area (Å²) >= 11 is 0. The lowest BCUT2D eigenvalue weighted by Crippen LogP contribution is -2.52. The van der Waals surface area contributed by atoms with E-state index in [2.05, 4.69) is 26.6 Å². The largest absolute Gasteiger partial charge is 0.483 e. The minimum Gasteiger partial charge on any atom is -0.483 e. The molecule has 15 heteroatoms. The highest BCUT2D eigenvalue weighted by molar-refractivity contribution is 6.07. The molecule has 2 aliphatic rings. The molecule has 1 atom stereocenters. The first-order valence-corrected chi connectivity index (χ1v) is 16.1. The SMILES string of the molecule is CCCOCCOCCOCCNC(=O)COc1cc(NCCNC(=O)Nc2ccccc2)cc2c1C(=O)N(C1CCC(=O)NC1=O)C2. The number of carbonyl (C=O) groups is 5. The number of hydrogen-bond donors (Lipinski definition) is 5. The van der Waals surface area contributed by atoms with Crippen molar-refractivity contribution in [2.45, 2.75) is 38.8 Å². The van der Waals surface area contributed by atoms with E-state index in [0.29, 0.717) is 56.5 Å². The first-order valence-electron chi connectivity index (χ1n) is 16.1. The molecule has 1 unspecified atom stereocenters. The zero-order valence-electron chi connectivity index (χ0n) is 27.1. The number of carbonyl (C=O) groups excluding carboxylic acids is 5. The summed E-state index contributed by atoms with van der Waals surface area (Å²) in [4.78, 5) is 64.0. The number of piperidine rings is 1. The highest BCUT2D eigenvalue weighted by Gasteiger charge is 2.41. The Morgan fingerprint density at radius 3 is 2.33 bits per heavy atom. The molecule has 2 aromatic rings. The minimum absolute atomic E-state index is 0.127. The average molecular weight is 669 g/mol. The van der Waals surface area contributed by atoms with E-state index in [4.69, 9.17) is 18.9 Å². The van der Waals surface area contributed by atoms with E-state index in [9.17, 15) is 24.0 Å². The Kier molecular flexibility index (Phi) is 14.4. The van der Waals surface area contributed by atoms with E-state index >= 15 is 0 Å². The second kappa shape index (κ2) is 19.2. The van der Waals surface area contributed by atoms with Gasteiger partial charge in [0.25, 0.3) is 11.8 Å². The standard InChI is InChI=1S/C33H44N6O9/c1-2-13-45-15-17-47-18-16-46-14-12-35-29(41)22-48-27-20-25(34-10-11-36-33(44)37-24-6-4-3-5-7-24)19-23-21-39(32(43)30(23)27)26-8-9-28(40)38-31(26)42/h3-7,19-20,26,34H,2,8-18,21-22H2,1H3,(H,35,41)(H2,36,37,44)(H,38,40,42). The second-order valence-corrected chi connectivity index (χ2v) is 11.1. The molecule has 48 heavy (non-hydrogen) atoms. The highest BCUT2D eigenvalue weighted by Crippen LogP contribution is 2.36. The molecule has 4 rings (SSSR count). The van der Waals surface area contributed by atoms with Crippen LogP contribution in [0.5, 0.6) is 5.75 Å². The second-order valence-electron chi connectivity index (χ2n) is 11.1. The number of nitrogens with zero attached hydrogens (tertiary/aromatic N) is 1. The van der Waals surface area contributed by atoms with Gasteiger partial charge in [-0.3, -0.25) is 24.5 Å². The number of rotatable bonds is 20. The Balaban J connectivity index is 1.29. The van der Waals surface area contributed by atoms with E-state index in [1.165, 1.54) is 4.90 Å². The van der Waals surface area contributed by atoms with Crippen LogP contribution in [0.1, 0.15) is 42.1 Å². The minimum atomic E-state index is -0.803. The van der Waals surface area contributed by atoms with Crippen LogP contribution in [0.4, 0.5) is 16.2 Å². The van der Waals surface area contributed by atoms with Gasteiger partial charge in [-0.05, 0) is 36.6 Å². The molecule has 0 aromatic heterocycles. The van der Waals surface area contributed by atoms with Crippen LogP contribution in [-0.4, -0.2) is 106 Å². The zero-order chi connectivity index (χ0) is 34.1. The van der Waals surface area contributed by atoms with Crippen LogP contribution in [0.25, 0.3) is 0 Å². The molecule has 0 radical (unpaired) electrons. The fraction of sp³-hybridized carbons (Fsp3) is 0.485. The van der Waals surface area contributed by atoms with Crippen LogP contribution in [0, 0.1) is 0 Å². The van der Waals surface area contributed by atoms with Crippen molar-refractivity contribution >= 4 is 41.0 Å². The molecule has 0 saturated carbocycles. The summed E-state index contributed by atoms with van der Waals surface area (Å²) in [5, 5.41) is 13.7. The number of urea groups is 1. The van der Waals surface area contributed by atoms with Crippen LogP contribution in [0.15, 0.2) is 42.5 Å². The smallest absolute Gasteiger partial charge is 0.319 e. The number of anilines is 2. The predicted octanol–water partition coefficient (Wildman–Crippen LogP) is 1.64. The molecule has 0 bridgehead atoms. The molecule has 5 N–H and O–H groups in total. The number of hydrogen-bond acceptors (Lipinski definition) is 10. The molecule has 1 saturated heterocycles. The van der Waals surface area contributed by atoms with Crippen molar-refractivity contribution in [1.29, 1.82) is 0 Å². The van der Waals surface area contributed by atoms with Gasteiger partial charge in [0.2, 0.25) is 11.8 Å². The molecular weight excluding hydrogens is 624 g/mol. The molecule has 2 aromatic carbocycles. The van der Waals surface area contributed by atoms with E-state index in [0.717, 1.165) is 6.42 Å². The lowest BCUT2D eigenvalue weighted by atomic mass is 10.0. The van der Waals surface area contributed by atoms with Crippen LogP contribution < -0.4 is 31.3 Å². The van der Waals surface area contributed by atoms with Gasteiger partial charge in [-0.25, -0.2) is 4.79 Å². The number of ether oxygens (including phenoxy) is 4. The van der Waals surface area contributed by atoms with Gasteiger partial charge < -0.3 is 45.1 Å². The molecule has 0 spiro atoms. The Bertz CT molecular complexity index is 1410. The predicted molar refractivity (Wildman–Crippen MR) is 176 cm³/mol. The number of nitrogens with one attached hydrogen (secondary N) is 5.